The first-order valence-corrected chi connectivity index (χ1v) is 8.41. The number of carbonyl (C=O) groups excluding carboxylic acids is 2. The van der Waals surface area contributed by atoms with E-state index in [4.69, 9.17) is 9.47 Å². The number of ether oxygens (including phenoxy) is 2. The van der Waals surface area contributed by atoms with Gasteiger partial charge in [0, 0.05) is 0 Å². The van der Waals surface area contributed by atoms with Crippen molar-refractivity contribution in [3.8, 4) is 0 Å². The number of unbranched alkanes of at least 4 members (excludes halogenated alkanes) is 1. The second-order valence-corrected chi connectivity index (χ2v) is 6.16. The number of hydrogen-bond acceptors (Lipinski definition) is 4. The average Bonchev–Trinajstić information content (AvgIpc) is 2.51. The number of carbonyl (C=O) groups is 2. The number of esters is 2. The molecule has 0 amide bonds. The fourth-order valence-corrected chi connectivity index (χ4v) is 2.22. The van der Waals surface area contributed by atoms with E-state index in [2.05, 4.69) is 13.8 Å². The summed E-state index contributed by atoms with van der Waals surface area (Å²) in [5, 5.41) is 0. The van der Waals surface area contributed by atoms with Crippen molar-refractivity contribution in [2.24, 2.45) is 5.92 Å². The molecule has 0 unspecified atom stereocenters. The first-order chi connectivity index (χ1) is 11.0. The van der Waals surface area contributed by atoms with Gasteiger partial charge in [0.05, 0.1) is 24.3 Å². The third-order valence-electron chi connectivity index (χ3n) is 3.59. The van der Waals surface area contributed by atoms with Gasteiger partial charge >= 0.3 is 11.9 Å². The molecule has 0 radical (unpaired) electrons. The van der Waals surface area contributed by atoms with E-state index in [0.717, 1.165) is 31.2 Å². The lowest BCUT2D eigenvalue weighted by molar-refractivity contribution is 0.0449. The van der Waals surface area contributed by atoms with Crippen molar-refractivity contribution < 1.29 is 19.1 Å². The van der Waals surface area contributed by atoms with E-state index in [9.17, 15) is 9.59 Å². The minimum atomic E-state index is -0.462. The molecule has 0 saturated carbocycles. The molecule has 0 aromatic heterocycles. The molecule has 0 bridgehead atoms. The molecule has 0 atom stereocenters. The van der Waals surface area contributed by atoms with Gasteiger partial charge in [-0.25, -0.2) is 9.59 Å². The summed E-state index contributed by atoms with van der Waals surface area (Å²) in [6.45, 7) is 8.83. The van der Waals surface area contributed by atoms with Gasteiger partial charge in [0.25, 0.3) is 0 Å². The summed E-state index contributed by atoms with van der Waals surface area (Å²) in [5.41, 5.74) is 1.33. The lowest BCUT2D eigenvalue weighted by Crippen LogP contribution is -2.16. The normalized spacial score (nSPS) is 10.7. The molecule has 128 valence electrons. The van der Waals surface area contributed by atoms with Crippen molar-refractivity contribution in [1.29, 1.82) is 0 Å². The topological polar surface area (TPSA) is 52.6 Å². The zero-order chi connectivity index (χ0) is 17.2. The molecule has 0 saturated heterocycles. The van der Waals surface area contributed by atoms with Crippen LogP contribution in [0.1, 0.15) is 72.7 Å². The van der Waals surface area contributed by atoms with Crippen molar-refractivity contribution in [3.05, 3.63) is 34.9 Å². The summed E-state index contributed by atoms with van der Waals surface area (Å²) < 4.78 is 10.6. The zero-order valence-corrected chi connectivity index (χ0v) is 14.7. The van der Waals surface area contributed by atoms with Gasteiger partial charge in [-0.2, -0.15) is 0 Å². The molecule has 4 nitrogen and oxygen atoms in total. The van der Waals surface area contributed by atoms with Crippen LogP contribution in [0.5, 0.6) is 0 Å². The van der Waals surface area contributed by atoms with E-state index >= 15 is 0 Å². The maximum atomic E-state index is 12.3. The lowest BCUT2D eigenvalue weighted by Gasteiger charge is -2.12. The predicted octanol–water partition coefficient (Wildman–Crippen LogP) is 4.54. The monoisotopic (exact) mass is 320 g/mol. The first kappa shape index (κ1) is 19.2. The molecule has 0 heterocycles. The smallest absolute Gasteiger partial charge is 0.339 e. The maximum Gasteiger partial charge on any atom is 0.339 e. The Morgan fingerprint density at radius 3 is 2.35 bits per heavy atom. The van der Waals surface area contributed by atoms with Gasteiger partial charge < -0.3 is 9.47 Å². The number of hydrogen-bond donors (Lipinski definition) is 0. The largest absolute Gasteiger partial charge is 0.462 e. The Hall–Kier alpha value is -1.84. The summed E-state index contributed by atoms with van der Waals surface area (Å²) in [5.74, 6) is -0.332. The van der Waals surface area contributed by atoms with Crippen LogP contribution < -0.4 is 0 Å². The molecule has 4 heteroatoms. The van der Waals surface area contributed by atoms with Crippen LogP contribution in [-0.4, -0.2) is 25.2 Å². The summed E-state index contributed by atoms with van der Waals surface area (Å²) in [6.07, 6.45) is 3.59. The van der Waals surface area contributed by atoms with Crippen LogP contribution in [0.2, 0.25) is 0 Å². The van der Waals surface area contributed by atoms with Gasteiger partial charge in [0.1, 0.15) is 0 Å². The first-order valence-electron chi connectivity index (χ1n) is 8.41. The molecule has 0 fully saturated rings. The molecule has 0 spiro atoms. The molecular formula is C19H28O4. The lowest BCUT2D eigenvalue weighted by atomic mass is 10.0. The Kier molecular flexibility index (Phi) is 8.38. The predicted molar refractivity (Wildman–Crippen MR) is 90.7 cm³/mol. The Bertz CT molecular complexity index is 520. The Morgan fingerprint density at radius 1 is 1.04 bits per heavy atom. The van der Waals surface area contributed by atoms with Crippen LogP contribution in [0.4, 0.5) is 0 Å². The van der Waals surface area contributed by atoms with Crippen molar-refractivity contribution >= 4 is 11.9 Å². The quantitative estimate of drug-likeness (QED) is 0.495. The molecule has 1 rings (SSSR count). The molecule has 23 heavy (non-hydrogen) atoms. The highest BCUT2D eigenvalue weighted by Gasteiger charge is 2.21. The fraction of sp³-hybridized carbons (Fsp3) is 0.579. The van der Waals surface area contributed by atoms with E-state index in [-0.39, 0.29) is 5.56 Å². The van der Waals surface area contributed by atoms with Crippen molar-refractivity contribution in [2.45, 2.75) is 53.4 Å². The van der Waals surface area contributed by atoms with Crippen molar-refractivity contribution in [1.82, 2.24) is 0 Å². The van der Waals surface area contributed by atoms with Crippen LogP contribution in [0, 0.1) is 12.8 Å². The summed E-state index contributed by atoms with van der Waals surface area (Å²) >= 11 is 0. The molecule has 0 N–H and O–H groups in total. The van der Waals surface area contributed by atoms with Crippen molar-refractivity contribution in [3.63, 3.8) is 0 Å². The van der Waals surface area contributed by atoms with E-state index in [1.54, 1.807) is 25.1 Å². The third kappa shape index (κ3) is 6.43. The van der Waals surface area contributed by atoms with Crippen LogP contribution in [0.25, 0.3) is 0 Å². The van der Waals surface area contributed by atoms with Crippen LogP contribution in [0.3, 0.4) is 0 Å². The highest BCUT2D eigenvalue weighted by molar-refractivity contribution is 6.04. The van der Waals surface area contributed by atoms with Crippen LogP contribution in [-0.2, 0) is 9.47 Å². The SMILES string of the molecule is CCCCOC(=O)c1cccc(C)c1C(=O)OCCCC(C)C. The maximum absolute atomic E-state index is 12.3. The number of rotatable bonds is 9. The van der Waals surface area contributed by atoms with Crippen molar-refractivity contribution in [2.75, 3.05) is 13.2 Å². The Morgan fingerprint density at radius 2 is 1.70 bits per heavy atom. The number of benzene rings is 1. The molecule has 0 aliphatic carbocycles. The fourth-order valence-electron chi connectivity index (χ4n) is 2.22. The standard InChI is InChI=1S/C19H28O4/c1-5-6-12-22-18(20)16-11-7-10-15(4)17(16)19(21)23-13-8-9-14(2)3/h7,10-11,14H,5-6,8-9,12-13H2,1-4H3. The second kappa shape index (κ2) is 10.0. The van der Waals surface area contributed by atoms with Gasteiger partial charge in [0.15, 0.2) is 0 Å². The second-order valence-electron chi connectivity index (χ2n) is 6.16. The minimum Gasteiger partial charge on any atom is -0.462 e. The third-order valence-corrected chi connectivity index (χ3v) is 3.59. The van der Waals surface area contributed by atoms with Gasteiger partial charge in [-0.1, -0.05) is 39.3 Å². The van der Waals surface area contributed by atoms with Gasteiger partial charge in [0.2, 0.25) is 0 Å². The van der Waals surface area contributed by atoms with Crippen LogP contribution in [0.15, 0.2) is 18.2 Å². The number of aryl methyl sites for hydroxylation is 1. The molecule has 1 aromatic carbocycles. The highest BCUT2D eigenvalue weighted by atomic mass is 16.5. The van der Waals surface area contributed by atoms with E-state index < -0.39 is 11.9 Å². The molecule has 0 aliphatic rings. The average molecular weight is 320 g/mol. The Labute approximate surface area is 139 Å². The summed E-state index contributed by atoms with van der Waals surface area (Å²) in [4.78, 5) is 24.5. The van der Waals surface area contributed by atoms with E-state index in [1.165, 1.54) is 0 Å². The van der Waals surface area contributed by atoms with E-state index in [0.29, 0.717) is 24.7 Å². The molecule has 0 aliphatic heterocycles. The van der Waals surface area contributed by atoms with Gasteiger partial charge in [-0.15, -0.1) is 0 Å². The summed E-state index contributed by atoms with van der Waals surface area (Å²) in [6, 6.07) is 5.17. The molecule has 1 aromatic rings. The zero-order valence-electron chi connectivity index (χ0n) is 14.7. The van der Waals surface area contributed by atoms with E-state index in [1.807, 2.05) is 6.92 Å². The van der Waals surface area contributed by atoms with Gasteiger partial charge in [-0.05, 0) is 43.7 Å². The highest BCUT2D eigenvalue weighted by Crippen LogP contribution is 2.17. The summed E-state index contributed by atoms with van der Waals surface area (Å²) in [7, 11) is 0. The van der Waals surface area contributed by atoms with Gasteiger partial charge in [-0.3, -0.25) is 0 Å². The minimum absolute atomic E-state index is 0.287. The molecular weight excluding hydrogens is 292 g/mol. The Balaban J connectivity index is 2.76. The van der Waals surface area contributed by atoms with Crippen LogP contribution >= 0.6 is 0 Å².